The van der Waals surface area contributed by atoms with Crippen molar-refractivity contribution in [1.82, 2.24) is 0 Å². The lowest BCUT2D eigenvalue weighted by Gasteiger charge is -2.16. The number of hydrogen-bond donors (Lipinski definition) is 1. The molecule has 0 unspecified atom stereocenters. The van der Waals surface area contributed by atoms with Crippen molar-refractivity contribution in [2.24, 2.45) is 0 Å². The molecule has 0 aliphatic carbocycles. The molecule has 1 N–H and O–H groups in total. The maximum absolute atomic E-state index is 11.1. The zero-order valence-corrected chi connectivity index (χ0v) is 15.0. The van der Waals surface area contributed by atoms with Crippen LogP contribution in [0.4, 0.5) is 0 Å². The van der Waals surface area contributed by atoms with Crippen LogP contribution >= 0.6 is 0 Å². The summed E-state index contributed by atoms with van der Waals surface area (Å²) in [5.74, 6) is 1.08. The Labute approximate surface area is 148 Å². The van der Waals surface area contributed by atoms with Crippen molar-refractivity contribution < 1.29 is 24.1 Å². The molecule has 0 aromatic heterocycles. The van der Waals surface area contributed by atoms with E-state index in [4.69, 9.17) is 19.3 Å². The van der Waals surface area contributed by atoms with Gasteiger partial charge in [0.1, 0.15) is 19.0 Å². The summed E-state index contributed by atoms with van der Waals surface area (Å²) >= 11 is 0. The molecule has 5 nitrogen and oxygen atoms in total. The van der Waals surface area contributed by atoms with E-state index in [9.17, 15) is 4.79 Å². The number of benzene rings is 2. The van der Waals surface area contributed by atoms with Crippen LogP contribution in [0, 0.1) is 6.92 Å². The van der Waals surface area contributed by atoms with Gasteiger partial charge in [0.15, 0.2) is 11.5 Å². The minimum Gasteiger partial charge on any atom is -0.493 e. The third kappa shape index (κ3) is 4.89. The summed E-state index contributed by atoms with van der Waals surface area (Å²) in [6, 6.07) is 10.7. The summed E-state index contributed by atoms with van der Waals surface area (Å²) in [5.41, 5.74) is 2.43. The van der Waals surface area contributed by atoms with Crippen LogP contribution in [0.3, 0.4) is 0 Å². The molecule has 0 fully saturated rings. The van der Waals surface area contributed by atoms with Crippen LogP contribution in [0.5, 0.6) is 17.2 Å². The largest absolute Gasteiger partial charge is 0.493 e. The van der Waals surface area contributed by atoms with Gasteiger partial charge in [-0.1, -0.05) is 26.0 Å². The molecule has 0 spiro atoms. The van der Waals surface area contributed by atoms with Gasteiger partial charge in [-0.3, -0.25) is 0 Å². The van der Waals surface area contributed by atoms with Crippen LogP contribution in [-0.2, 0) is 0 Å². The van der Waals surface area contributed by atoms with E-state index in [2.05, 4.69) is 26.0 Å². The maximum atomic E-state index is 11.1. The Morgan fingerprint density at radius 3 is 2.28 bits per heavy atom. The molecule has 2 aromatic carbocycles. The molecule has 0 aliphatic heterocycles. The number of carboxylic acids is 1. The van der Waals surface area contributed by atoms with Gasteiger partial charge in [0, 0.05) is 0 Å². The maximum Gasteiger partial charge on any atom is 0.335 e. The smallest absolute Gasteiger partial charge is 0.335 e. The highest BCUT2D eigenvalue weighted by atomic mass is 16.5. The summed E-state index contributed by atoms with van der Waals surface area (Å²) in [4.78, 5) is 11.1. The quantitative estimate of drug-likeness (QED) is 0.724. The van der Waals surface area contributed by atoms with Crippen molar-refractivity contribution in [3.8, 4) is 17.2 Å². The number of ether oxygens (including phenoxy) is 3. The molecule has 25 heavy (non-hydrogen) atoms. The molecular weight excluding hydrogens is 320 g/mol. The van der Waals surface area contributed by atoms with E-state index in [0.717, 1.165) is 16.9 Å². The molecule has 0 saturated carbocycles. The van der Waals surface area contributed by atoms with E-state index in [1.165, 1.54) is 19.2 Å². The second-order valence-corrected chi connectivity index (χ2v) is 6.06. The van der Waals surface area contributed by atoms with Crippen LogP contribution < -0.4 is 14.2 Å². The Bertz CT molecular complexity index is 737. The predicted octanol–water partition coefficient (Wildman–Crippen LogP) is 4.28. The summed E-state index contributed by atoms with van der Waals surface area (Å²) in [6.45, 7) is 6.90. The molecule has 2 aromatic rings. The average Bonchev–Trinajstić information content (AvgIpc) is 2.58. The van der Waals surface area contributed by atoms with Crippen LogP contribution in [-0.4, -0.2) is 31.4 Å². The lowest BCUT2D eigenvalue weighted by atomic mass is 10.0. The van der Waals surface area contributed by atoms with Gasteiger partial charge in [-0.15, -0.1) is 0 Å². The van der Waals surface area contributed by atoms with E-state index in [1.807, 2.05) is 13.0 Å². The minimum absolute atomic E-state index is 0.150. The van der Waals surface area contributed by atoms with Gasteiger partial charge in [-0.05, 0) is 48.2 Å². The second kappa shape index (κ2) is 8.42. The number of carbonyl (C=O) groups is 1. The number of aromatic carboxylic acids is 1. The minimum atomic E-state index is -1.01. The fraction of sp³-hybridized carbons (Fsp3) is 0.350. The van der Waals surface area contributed by atoms with Crippen molar-refractivity contribution >= 4 is 5.97 Å². The second-order valence-electron chi connectivity index (χ2n) is 6.06. The first-order chi connectivity index (χ1) is 11.9. The number of rotatable bonds is 8. The lowest BCUT2D eigenvalue weighted by Crippen LogP contribution is -2.11. The highest BCUT2D eigenvalue weighted by molar-refractivity contribution is 5.88. The van der Waals surface area contributed by atoms with E-state index >= 15 is 0 Å². The molecule has 0 aliphatic rings. The first-order valence-corrected chi connectivity index (χ1v) is 8.20. The Morgan fingerprint density at radius 1 is 1.00 bits per heavy atom. The van der Waals surface area contributed by atoms with Gasteiger partial charge in [-0.25, -0.2) is 4.79 Å². The third-order valence-corrected chi connectivity index (χ3v) is 3.80. The highest BCUT2D eigenvalue weighted by Gasteiger charge is 2.11. The van der Waals surface area contributed by atoms with Gasteiger partial charge >= 0.3 is 5.97 Å². The first kappa shape index (κ1) is 18.6. The summed E-state index contributed by atoms with van der Waals surface area (Å²) in [7, 11) is 1.51. The van der Waals surface area contributed by atoms with Gasteiger partial charge < -0.3 is 19.3 Å². The number of hydrogen-bond acceptors (Lipinski definition) is 4. The number of methoxy groups -OCH3 is 1. The van der Waals surface area contributed by atoms with Gasteiger partial charge in [-0.2, -0.15) is 0 Å². The number of aryl methyl sites for hydroxylation is 1. The van der Waals surface area contributed by atoms with Crippen LogP contribution in [0.2, 0.25) is 0 Å². The van der Waals surface area contributed by atoms with Crippen LogP contribution in [0.25, 0.3) is 0 Å². The topological polar surface area (TPSA) is 65.0 Å². The van der Waals surface area contributed by atoms with Crippen molar-refractivity contribution in [2.45, 2.75) is 26.7 Å². The van der Waals surface area contributed by atoms with Gasteiger partial charge in [0.2, 0.25) is 0 Å². The Balaban J connectivity index is 2.01. The Morgan fingerprint density at radius 2 is 1.68 bits per heavy atom. The Kier molecular flexibility index (Phi) is 6.28. The fourth-order valence-electron chi connectivity index (χ4n) is 2.47. The Hall–Kier alpha value is -2.69. The standard InChI is InChI=1S/C20H24O5/c1-13(2)16-7-5-14(3)11-18(16)24-9-10-25-19-12-15(20(21)22)6-8-17(19)23-4/h5-8,11-13H,9-10H2,1-4H3,(H,21,22). The van der Waals surface area contributed by atoms with Crippen LogP contribution in [0.1, 0.15) is 41.3 Å². The number of carboxylic acid groups (broad SMARTS) is 1. The summed E-state index contributed by atoms with van der Waals surface area (Å²) in [6.07, 6.45) is 0. The summed E-state index contributed by atoms with van der Waals surface area (Å²) in [5, 5.41) is 9.08. The molecule has 0 heterocycles. The zero-order valence-electron chi connectivity index (χ0n) is 15.0. The molecule has 0 saturated heterocycles. The van der Waals surface area contributed by atoms with E-state index in [0.29, 0.717) is 24.0 Å². The predicted molar refractivity (Wildman–Crippen MR) is 96.2 cm³/mol. The van der Waals surface area contributed by atoms with E-state index in [1.54, 1.807) is 6.07 Å². The highest BCUT2D eigenvalue weighted by Crippen LogP contribution is 2.29. The van der Waals surface area contributed by atoms with Crippen molar-refractivity contribution in [3.63, 3.8) is 0 Å². The van der Waals surface area contributed by atoms with Gasteiger partial charge in [0.25, 0.3) is 0 Å². The molecule has 2 rings (SSSR count). The van der Waals surface area contributed by atoms with Crippen molar-refractivity contribution in [3.05, 3.63) is 53.1 Å². The zero-order chi connectivity index (χ0) is 18.4. The molecule has 0 bridgehead atoms. The SMILES string of the molecule is COc1ccc(C(=O)O)cc1OCCOc1cc(C)ccc1C(C)C. The molecule has 134 valence electrons. The third-order valence-electron chi connectivity index (χ3n) is 3.80. The van der Waals surface area contributed by atoms with E-state index < -0.39 is 5.97 Å². The van der Waals surface area contributed by atoms with E-state index in [-0.39, 0.29) is 12.2 Å². The molecule has 0 atom stereocenters. The first-order valence-electron chi connectivity index (χ1n) is 8.20. The average molecular weight is 344 g/mol. The normalized spacial score (nSPS) is 10.6. The van der Waals surface area contributed by atoms with Gasteiger partial charge in [0.05, 0.1) is 12.7 Å². The summed E-state index contributed by atoms with van der Waals surface area (Å²) < 4.78 is 16.7. The van der Waals surface area contributed by atoms with Crippen molar-refractivity contribution in [1.29, 1.82) is 0 Å². The lowest BCUT2D eigenvalue weighted by molar-refractivity contribution is 0.0696. The molecule has 0 radical (unpaired) electrons. The van der Waals surface area contributed by atoms with Crippen molar-refractivity contribution in [2.75, 3.05) is 20.3 Å². The monoisotopic (exact) mass is 344 g/mol. The molecule has 5 heteroatoms. The molecule has 0 amide bonds. The van der Waals surface area contributed by atoms with Crippen LogP contribution in [0.15, 0.2) is 36.4 Å². The fourth-order valence-corrected chi connectivity index (χ4v) is 2.47. The molecular formula is C20H24O5.